The molecule has 120 valence electrons. The molecule has 0 heterocycles. The van der Waals surface area contributed by atoms with Crippen LogP contribution in [0.4, 0.5) is 0 Å². The number of carbonyl (C=O) groups is 1. The van der Waals surface area contributed by atoms with E-state index in [1.54, 1.807) is 0 Å². The zero-order valence-corrected chi connectivity index (χ0v) is 13.9. The Morgan fingerprint density at radius 2 is 1.52 bits per heavy atom. The predicted molar refractivity (Wildman–Crippen MR) is 86.0 cm³/mol. The SMILES string of the molecule is CCC(C(=CN(C)C)C(=O)O)(C1CCCC1)C1CCCC1. The van der Waals surface area contributed by atoms with E-state index >= 15 is 0 Å². The molecule has 3 heteroatoms. The molecule has 0 aliphatic heterocycles. The molecule has 0 atom stereocenters. The highest BCUT2D eigenvalue weighted by Gasteiger charge is 2.50. The van der Waals surface area contributed by atoms with Crippen molar-refractivity contribution in [2.75, 3.05) is 14.1 Å². The number of rotatable bonds is 6. The summed E-state index contributed by atoms with van der Waals surface area (Å²) in [6.07, 6.45) is 12.8. The largest absolute Gasteiger partial charge is 0.478 e. The van der Waals surface area contributed by atoms with E-state index in [1.165, 1.54) is 51.4 Å². The van der Waals surface area contributed by atoms with Crippen molar-refractivity contribution in [2.24, 2.45) is 17.3 Å². The quantitative estimate of drug-likeness (QED) is 0.743. The molecular formula is C18H31NO2. The number of hydrogen-bond donors (Lipinski definition) is 1. The average Bonchev–Trinajstić information content (AvgIpc) is 3.12. The van der Waals surface area contributed by atoms with Gasteiger partial charge in [-0.1, -0.05) is 32.6 Å². The lowest BCUT2D eigenvalue weighted by Crippen LogP contribution is -2.41. The van der Waals surface area contributed by atoms with Crippen molar-refractivity contribution < 1.29 is 9.90 Å². The molecule has 1 N–H and O–H groups in total. The van der Waals surface area contributed by atoms with E-state index in [0.29, 0.717) is 17.4 Å². The van der Waals surface area contributed by atoms with Gasteiger partial charge in [0.2, 0.25) is 0 Å². The van der Waals surface area contributed by atoms with Crippen LogP contribution in [0.2, 0.25) is 0 Å². The molecule has 0 bridgehead atoms. The number of hydrogen-bond acceptors (Lipinski definition) is 2. The van der Waals surface area contributed by atoms with Gasteiger partial charge in [-0.15, -0.1) is 0 Å². The van der Waals surface area contributed by atoms with E-state index in [1.807, 2.05) is 25.2 Å². The Morgan fingerprint density at radius 1 is 1.10 bits per heavy atom. The highest BCUT2D eigenvalue weighted by molar-refractivity contribution is 5.88. The first-order valence-corrected chi connectivity index (χ1v) is 8.64. The van der Waals surface area contributed by atoms with Crippen LogP contribution in [-0.2, 0) is 4.79 Å². The first-order chi connectivity index (χ1) is 10.0. The van der Waals surface area contributed by atoms with Crippen LogP contribution in [0.1, 0.15) is 64.7 Å². The first kappa shape index (κ1) is 16.4. The van der Waals surface area contributed by atoms with E-state index in [0.717, 1.165) is 6.42 Å². The highest BCUT2D eigenvalue weighted by Crippen LogP contribution is 2.56. The Balaban J connectivity index is 2.47. The van der Waals surface area contributed by atoms with Crippen molar-refractivity contribution in [2.45, 2.75) is 64.7 Å². The van der Waals surface area contributed by atoms with Crippen LogP contribution >= 0.6 is 0 Å². The second-order valence-electron chi connectivity index (χ2n) is 7.17. The molecule has 0 spiro atoms. The zero-order valence-electron chi connectivity index (χ0n) is 13.9. The van der Waals surface area contributed by atoms with Gasteiger partial charge >= 0.3 is 5.97 Å². The molecule has 21 heavy (non-hydrogen) atoms. The lowest BCUT2D eigenvalue weighted by molar-refractivity contribution is -0.135. The average molecular weight is 293 g/mol. The second kappa shape index (κ2) is 6.85. The third-order valence-corrected chi connectivity index (χ3v) is 5.87. The summed E-state index contributed by atoms with van der Waals surface area (Å²) in [5.41, 5.74) is 0.567. The fraction of sp³-hybridized carbons (Fsp3) is 0.833. The molecule has 0 aromatic heterocycles. The summed E-state index contributed by atoms with van der Waals surface area (Å²) >= 11 is 0. The monoisotopic (exact) mass is 293 g/mol. The zero-order chi connectivity index (χ0) is 15.5. The molecule has 0 unspecified atom stereocenters. The molecule has 0 aromatic carbocycles. The number of carboxylic acids is 1. The standard InChI is InChI=1S/C18H31NO2/c1-4-18(14-9-5-6-10-14,15-11-7-8-12-15)16(17(20)21)13-19(2)3/h13-15H,4-12H2,1-3H3,(H,20,21). The van der Waals surface area contributed by atoms with E-state index in [-0.39, 0.29) is 5.41 Å². The van der Waals surface area contributed by atoms with Gasteiger partial charge in [-0.05, 0) is 43.9 Å². The highest BCUT2D eigenvalue weighted by atomic mass is 16.4. The second-order valence-corrected chi connectivity index (χ2v) is 7.17. The Labute approximate surface area is 129 Å². The van der Waals surface area contributed by atoms with Crippen LogP contribution in [0.5, 0.6) is 0 Å². The van der Waals surface area contributed by atoms with Crippen molar-refractivity contribution in [3.05, 3.63) is 11.8 Å². The summed E-state index contributed by atoms with van der Waals surface area (Å²) in [6.45, 7) is 2.21. The fourth-order valence-electron chi connectivity index (χ4n) is 5.06. The van der Waals surface area contributed by atoms with Crippen LogP contribution in [0.25, 0.3) is 0 Å². The van der Waals surface area contributed by atoms with Gasteiger partial charge in [0.05, 0.1) is 5.57 Å². The fourth-order valence-corrected chi connectivity index (χ4v) is 5.06. The molecule has 2 rings (SSSR count). The van der Waals surface area contributed by atoms with Gasteiger partial charge in [0.15, 0.2) is 0 Å². The number of aliphatic carboxylic acids is 1. The Kier molecular flexibility index (Phi) is 5.34. The minimum absolute atomic E-state index is 0.108. The maximum absolute atomic E-state index is 12.1. The Hall–Kier alpha value is -0.990. The molecule has 2 aliphatic rings. The summed E-state index contributed by atoms with van der Waals surface area (Å²) in [6, 6.07) is 0. The molecule has 0 radical (unpaired) electrons. The topological polar surface area (TPSA) is 40.5 Å². The van der Waals surface area contributed by atoms with Crippen molar-refractivity contribution in [3.63, 3.8) is 0 Å². The van der Waals surface area contributed by atoms with Gasteiger partial charge < -0.3 is 10.0 Å². The van der Waals surface area contributed by atoms with Crippen LogP contribution in [0.3, 0.4) is 0 Å². The van der Waals surface area contributed by atoms with Gasteiger partial charge in [0.1, 0.15) is 0 Å². The molecule has 0 saturated heterocycles. The molecule has 3 nitrogen and oxygen atoms in total. The summed E-state index contributed by atoms with van der Waals surface area (Å²) in [5.74, 6) is 0.421. The lowest BCUT2D eigenvalue weighted by Gasteiger charge is -2.44. The van der Waals surface area contributed by atoms with Crippen molar-refractivity contribution in [1.82, 2.24) is 4.90 Å². The van der Waals surface area contributed by atoms with Crippen molar-refractivity contribution in [3.8, 4) is 0 Å². The van der Waals surface area contributed by atoms with Crippen molar-refractivity contribution in [1.29, 1.82) is 0 Å². The summed E-state index contributed by atoms with van der Waals surface area (Å²) in [5, 5.41) is 9.91. The Bertz CT molecular complexity index is 372. The first-order valence-electron chi connectivity index (χ1n) is 8.64. The normalized spacial score (nSPS) is 22.0. The third-order valence-electron chi connectivity index (χ3n) is 5.87. The number of carboxylic acid groups (broad SMARTS) is 1. The van der Waals surface area contributed by atoms with Gasteiger partial charge in [-0.3, -0.25) is 0 Å². The Morgan fingerprint density at radius 3 is 1.81 bits per heavy atom. The molecular weight excluding hydrogens is 262 g/mol. The number of nitrogens with zero attached hydrogens (tertiary/aromatic N) is 1. The van der Waals surface area contributed by atoms with Gasteiger partial charge in [-0.25, -0.2) is 4.79 Å². The minimum Gasteiger partial charge on any atom is -0.478 e. The summed E-state index contributed by atoms with van der Waals surface area (Å²) in [4.78, 5) is 14.0. The van der Waals surface area contributed by atoms with Gasteiger partial charge in [-0.2, -0.15) is 0 Å². The van der Waals surface area contributed by atoms with E-state index in [2.05, 4.69) is 6.92 Å². The van der Waals surface area contributed by atoms with Gasteiger partial charge in [0, 0.05) is 25.7 Å². The maximum atomic E-state index is 12.1. The van der Waals surface area contributed by atoms with E-state index in [4.69, 9.17) is 0 Å². The molecule has 2 saturated carbocycles. The molecule has 0 aromatic rings. The van der Waals surface area contributed by atoms with Crippen LogP contribution in [-0.4, -0.2) is 30.1 Å². The smallest absolute Gasteiger partial charge is 0.333 e. The van der Waals surface area contributed by atoms with Crippen LogP contribution in [0, 0.1) is 17.3 Å². The minimum atomic E-state index is -0.704. The molecule has 0 amide bonds. The van der Waals surface area contributed by atoms with E-state index in [9.17, 15) is 9.90 Å². The van der Waals surface area contributed by atoms with E-state index < -0.39 is 5.97 Å². The summed E-state index contributed by atoms with van der Waals surface area (Å²) in [7, 11) is 3.87. The third kappa shape index (κ3) is 3.12. The van der Waals surface area contributed by atoms with Gasteiger partial charge in [0.25, 0.3) is 0 Å². The lowest BCUT2D eigenvalue weighted by atomic mass is 9.59. The summed E-state index contributed by atoms with van der Waals surface area (Å²) < 4.78 is 0. The van der Waals surface area contributed by atoms with Crippen molar-refractivity contribution >= 4 is 5.97 Å². The maximum Gasteiger partial charge on any atom is 0.333 e. The molecule has 2 fully saturated rings. The molecule has 2 aliphatic carbocycles. The predicted octanol–water partition coefficient (Wildman–Crippen LogP) is 4.29. The van der Waals surface area contributed by atoms with Crippen LogP contribution < -0.4 is 0 Å². The van der Waals surface area contributed by atoms with Crippen LogP contribution in [0.15, 0.2) is 11.8 Å².